The molecule has 0 saturated heterocycles. The molecule has 0 unspecified atom stereocenters. The first-order valence-electron chi connectivity index (χ1n) is 4.88. The first-order chi connectivity index (χ1) is 6.44. The number of hydrogen-bond acceptors (Lipinski definition) is 1. The highest BCUT2D eigenvalue weighted by molar-refractivity contribution is 9.10. The summed E-state index contributed by atoms with van der Waals surface area (Å²) < 4.78 is 1.20. The minimum atomic E-state index is 0.149. The smallest absolute Gasteiger partial charge is 0.0208 e. The third-order valence-corrected chi connectivity index (χ3v) is 3.28. The molecule has 0 aliphatic rings. The number of rotatable bonds is 3. The number of hydrogen-bond donors (Lipinski definition) is 1. The maximum atomic E-state index is 3.58. The van der Waals surface area contributed by atoms with E-state index in [0.29, 0.717) is 0 Å². The van der Waals surface area contributed by atoms with Crippen molar-refractivity contribution in [3.05, 3.63) is 33.8 Å². The Morgan fingerprint density at radius 2 is 2.00 bits per heavy atom. The minimum absolute atomic E-state index is 0.149. The molecule has 0 radical (unpaired) electrons. The van der Waals surface area contributed by atoms with Gasteiger partial charge in [0.25, 0.3) is 0 Å². The van der Waals surface area contributed by atoms with Crippen LogP contribution in [0.1, 0.15) is 25.0 Å². The van der Waals surface area contributed by atoms with Crippen LogP contribution in [0.15, 0.2) is 22.7 Å². The molecular weight excluding hydrogens is 238 g/mol. The van der Waals surface area contributed by atoms with E-state index in [1.54, 1.807) is 0 Å². The Balaban J connectivity index is 2.91. The summed E-state index contributed by atoms with van der Waals surface area (Å²) in [5.41, 5.74) is 2.83. The molecular formula is C12H18BrN. The summed E-state index contributed by atoms with van der Waals surface area (Å²) in [6.07, 6.45) is 1.03. The first-order valence-corrected chi connectivity index (χ1v) is 5.68. The van der Waals surface area contributed by atoms with Crippen molar-refractivity contribution in [2.45, 2.75) is 32.7 Å². The molecule has 0 aromatic heterocycles. The summed E-state index contributed by atoms with van der Waals surface area (Å²) in [6, 6.07) is 6.49. The molecule has 0 aliphatic heterocycles. The molecule has 1 aromatic carbocycles. The molecule has 14 heavy (non-hydrogen) atoms. The predicted octanol–water partition coefficient (Wildman–Crippen LogP) is 3.30. The third-order valence-electron chi connectivity index (χ3n) is 2.51. The Morgan fingerprint density at radius 3 is 2.57 bits per heavy atom. The number of aryl methyl sites for hydroxylation is 1. The molecule has 0 saturated carbocycles. The monoisotopic (exact) mass is 255 g/mol. The molecule has 0 aliphatic carbocycles. The lowest BCUT2D eigenvalue weighted by Crippen LogP contribution is -2.38. The second-order valence-electron chi connectivity index (χ2n) is 4.41. The minimum Gasteiger partial charge on any atom is -0.314 e. The summed E-state index contributed by atoms with van der Waals surface area (Å²) in [7, 11) is 2.00. The second-order valence-corrected chi connectivity index (χ2v) is 5.26. The van der Waals surface area contributed by atoms with Crippen molar-refractivity contribution < 1.29 is 0 Å². The van der Waals surface area contributed by atoms with E-state index >= 15 is 0 Å². The van der Waals surface area contributed by atoms with Crippen LogP contribution in [0, 0.1) is 6.92 Å². The Kier molecular flexibility index (Phi) is 3.73. The average Bonchev–Trinajstić information content (AvgIpc) is 2.11. The zero-order valence-electron chi connectivity index (χ0n) is 9.32. The molecule has 1 nitrogen and oxygen atoms in total. The molecule has 0 amide bonds. The van der Waals surface area contributed by atoms with E-state index < -0.39 is 0 Å². The average molecular weight is 256 g/mol. The quantitative estimate of drug-likeness (QED) is 0.875. The number of nitrogens with one attached hydrogen (secondary N) is 1. The second kappa shape index (κ2) is 4.45. The van der Waals surface area contributed by atoms with Crippen LogP contribution in [0.3, 0.4) is 0 Å². The van der Waals surface area contributed by atoms with Crippen molar-refractivity contribution >= 4 is 15.9 Å². The molecule has 1 N–H and O–H groups in total. The highest BCUT2D eigenvalue weighted by Gasteiger charge is 2.16. The summed E-state index contributed by atoms with van der Waals surface area (Å²) in [5.74, 6) is 0. The highest BCUT2D eigenvalue weighted by Crippen LogP contribution is 2.22. The Labute approximate surface area is 95.0 Å². The largest absolute Gasteiger partial charge is 0.314 e. The Morgan fingerprint density at radius 1 is 1.36 bits per heavy atom. The van der Waals surface area contributed by atoms with Crippen LogP contribution in [0.25, 0.3) is 0 Å². The third kappa shape index (κ3) is 3.10. The van der Waals surface area contributed by atoms with E-state index in [0.717, 1.165) is 6.42 Å². The van der Waals surface area contributed by atoms with Gasteiger partial charge in [-0.2, -0.15) is 0 Å². The molecule has 0 atom stereocenters. The molecule has 78 valence electrons. The van der Waals surface area contributed by atoms with Gasteiger partial charge < -0.3 is 5.32 Å². The fraction of sp³-hybridized carbons (Fsp3) is 0.500. The van der Waals surface area contributed by atoms with E-state index in [-0.39, 0.29) is 5.54 Å². The Bertz CT molecular complexity index is 318. The molecule has 2 heteroatoms. The van der Waals surface area contributed by atoms with Crippen LogP contribution < -0.4 is 5.32 Å². The zero-order chi connectivity index (χ0) is 10.8. The summed E-state index contributed by atoms with van der Waals surface area (Å²) >= 11 is 3.58. The predicted molar refractivity (Wildman–Crippen MR) is 65.7 cm³/mol. The van der Waals surface area contributed by atoms with Gasteiger partial charge in [-0.25, -0.2) is 0 Å². The van der Waals surface area contributed by atoms with Gasteiger partial charge in [-0.1, -0.05) is 33.6 Å². The summed E-state index contributed by atoms with van der Waals surface area (Å²) in [4.78, 5) is 0. The van der Waals surface area contributed by atoms with Gasteiger partial charge in [0.15, 0.2) is 0 Å². The fourth-order valence-electron chi connectivity index (χ4n) is 1.40. The van der Waals surface area contributed by atoms with Crippen LogP contribution in [0.4, 0.5) is 0 Å². The van der Waals surface area contributed by atoms with E-state index in [1.807, 2.05) is 7.05 Å². The van der Waals surface area contributed by atoms with Crippen LogP contribution in [-0.2, 0) is 6.42 Å². The van der Waals surface area contributed by atoms with Crippen LogP contribution >= 0.6 is 15.9 Å². The van der Waals surface area contributed by atoms with Crippen molar-refractivity contribution in [1.82, 2.24) is 5.32 Å². The standard InChI is InChI=1S/C12H18BrN/c1-9-5-6-11(13)10(7-9)8-12(2,3)14-4/h5-7,14H,8H2,1-4H3. The van der Waals surface area contributed by atoms with Gasteiger partial charge in [-0.05, 0) is 45.9 Å². The molecule has 0 heterocycles. The van der Waals surface area contributed by atoms with E-state index in [9.17, 15) is 0 Å². The summed E-state index contributed by atoms with van der Waals surface area (Å²) in [6.45, 7) is 6.55. The number of benzene rings is 1. The van der Waals surface area contributed by atoms with Crippen molar-refractivity contribution in [3.63, 3.8) is 0 Å². The lowest BCUT2D eigenvalue weighted by molar-refractivity contribution is 0.421. The molecule has 1 rings (SSSR count). The van der Waals surface area contributed by atoms with Gasteiger partial charge >= 0.3 is 0 Å². The lowest BCUT2D eigenvalue weighted by atomic mass is 9.94. The van der Waals surface area contributed by atoms with Gasteiger partial charge in [0.1, 0.15) is 0 Å². The van der Waals surface area contributed by atoms with Gasteiger partial charge in [0.2, 0.25) is 0 Å². The van der Waals surface area contributed by atoms with E-state index in [2.05, 4.69) is 60.2 Å². The van der Waals surface area contributed by atoms with Gasteiger partial charge in [-0.15, -0.1) is 0 Å². The summed E-state index contributed by atoms with van der Waals surface area (Å²) in [5, 5.41) is 3.32. The molecule has 0 spiro atoms. The van der Waals surface area contributed by atoms with E-state index in [1.165, 1.54) is 15.6 Å². The highest BCUT2D eigenvalue weighted by atomic mass is 79.9. The first kappa shape index (κ1) is 11.7. The number of halogens is 1. The van der Waals surface area contributed by atoms with Crippen LogP contribution in [0.2, 0.25) is 0 Å². The van der Waals surface area contributed by atoms with Crippen molar-refractivity contribution in [2.24, 2.45) is 0 Å². The topological polar surface area (TPSA) is 12.0 Å². The van der Waals surface area contributed by atoms with Crippen molar-refractivity contribution in [1.29, 1.82) is 0 Å². The maximum Gasteiger partial charge on any atom is 0.0208 e. The zero-order valence-corrected chi connectivity index (χ0v) is 10.9. The Hall–Kier alpha value is -0.340. The van der Waals surface area contributed by atoms with Gasteiger partial charge in [-0.3, -0.25) is 0 Å². The van der Waals surface area contributed by atoms with Crippen LogP contribution in [0.5, 0.6) is 0 Å². The fourth-order valence-corrected chi connectivity index (χ4v) is 1.79. The van der Waals surface area contributed by atoms with Crippen molar-refractivity contribution in [3.8, 4) is 0 Å². The molecule has 1 aromatic rings. The molecule has 0 bridgehead atoms. The number of likely N-dealkylation sites (N-methyl/N-ethyl adjacent to an activating group) is 1. The van der Waals surface area contributed by atoms with Crippen molar-refractivity contribution in [2.75, 3.05) is 7.05 Å². The van der Waals surface area contributed by atoms with E-state index in [4.69, 9.17) is 0 Å². The SMILES string of the molecule is CNC(C)(C)Cc1cc(C)ccc1Br. The normalized spacial score (nSPS) is 11.8. The van der Waals surface area contributed by atoms with Crippen LogP contribution in [-0.4, -0.2) is 12.6 Å². The molecule has 0 fully saturated rings. The maximum absolute atomic E-state index is 3.58. The van der Waals surface area contributed by atoms with Gasteiger partial charge in [0, 0.05) is 10.0 Å². The lowest BCUT2D eigenvalue weighted by Gasteiger charge is -2.24. The van der Waals surface area contributed by atoms with Gasteiger partial charge in [0.05, 0.1) is 0 Å².